The molecule has 0 unspecified atom stereocenters. The minimum absolute atomic E-state index is 0.0265. The van der Waals surface area contributed by atoms with Crippen molar-refractivity contribution in [1.29, 1.82) is 5.26 Å². The van der Waals surface area contributed by atoms with Crippen LogP contribution in [0.25, 0.3) is 0 Å². The van der Waals surface area contributed by atoms with Crippen molar-refractivity contribution in [2.24, 2.45) is 0 Å². The van der Waals surface area contributed by atoms with Gasteiger partial charge in [0.1, 0.15) is 5.82 Å². The fourth-order valence-electron chi connectivity index (χ4n) is 1.37. The Hall–Kier alpha value is -2.61. The molecule has 0 atom stereocenters. The summed E-state index contributed by atoms with van der Waals surface area (Å²) >= 11 is 0. The number of hydrogen-bond acceptors (Lipinski definition) is 3. The second kappa shape index (κ2) is 4.72. The first-order chi connectivity index (χ1) is 8.60. The SMILES string of the molecule is N#Cc1ccc(Oc2cc(F)ccc2N)c(F)c1. The molecular formula is C13H8F2N2O. The molecular weight excluding hydrogens is 238 g/mol. The van der Waals surface area contributed by atoms with Crippen LogP contribution in [-0.2, 0) is 0 Å². The van der Waals surface area contributed by atoms with Crippen molar-refractivity contribution in [1.82, 2.24) is 0 Å². The molecule has 0 aliphatic carbocycles. The van der Waals surface area contributed by atoms with Crippen LogP contribution in [0.2, 0.25) is 0 Å². The van der Waals surface area contributed by atoms with Crippen molar-refractivity contribution in [3.63, 3.8) is 0 Å². The van der Waals surface area contributed by atoms with Crippen molar-refractivity contribution < 1.29 is 13.5 Å². The van der Waals surface area contributed by atoms with Crippen molar-refractivity contribution in [2.45, 2.75) is 0 Å². The summed E-state index contributed by atoms with van der Waals surface area (Å²) in [7, 11) is 0. The third kappa shape index (κ3) is 2.38. The maximum absolute atomic E-state index is 13.5. The minimum atomic E-state index is -0.710. The number of anilines is 1. The monoisotopic (exact) mass is 246 g/mol. The van der Waals surface area contributed by atoms with E-state index >= 15 is 0 Å². The van der Waals surface area contributed by atoms with E-state index in [1.54, 1.807) is 6.07 Å². The van der Waals surface area contributed by atoms with Crippen molar-refractivity contribution in [3.05, 3.63) is 53.6 Å². The molecule has 2 aromatic rings. The number of nitrogens with zero attached hydrogens (tertiary/aromatic N) is 1. The van der Waals surface area contributed by atoms with Gasteiger partial charge in [0.2, 0.25) is 0 Å². The van der Waals surface area contributed by atoms with E-state index in [-0.39, 0.29) is 22.7 Å². The van der Waals surface area contributed by atoms with Crippen LogP contribution in [0.1, 0.15) is 5.56 Å². The van der Waals surface area contributed by atoms with Gasteiger partial charge in [0.05, 0.1) is 17.3 Å². The number of nitrogen functional groups attached to an aromatic ring is 1. The van der Waals surface area contributed by atoms with Crippen LogP contribution >= 0.6 is 0 Å². The van der Waals surface area contributed by atoms with Gasteiger partial charge in [-0.05, 0) is 30.3 Å². The molecule has 2 aromatic carbocycles. The molecule has 3 nitrogen and oxygen atoms in total. The van der Waals surface area contributed by atoms with E-state index < -0.39 is 11.6 Å². The summed E-state index contributed by atoms with van der Waals surface area (Å²) in [5, 5.41) is 8.60. The number of hydrogen-bond donors (Lipinski definition) is 1. The molecule has 2 N–H and O–H groups in total. The molecule has 0 bridgehead atoms. The van der Waals surface area contributed by atoms with Crippen molar-refractivity contribution in [3.8, 4) is 17.6 Å². The molecule has 0 radical (unpaired) electrons. The smallest absolute Gasteiger partial charge is 0.167 e. The molecule has 0 heterocycles. The molecule has 0 aliphatic heterocycles. The molecule has 0 saturated heterocycles. The summed E-state index contributed by atoms with van der Waals surface area (Å²) in [5.74, 6) is -1.34. The quantitative estimate of drug-likeness (QED) is 0.827. The summed E-state index contributed by atoms with van der Waals surface area (Å²) in [4.78, 5) is 0. The minimum Gasteiger partial charge on any atom is -0.452 e. The van der Waals surface area contributed by atoms with Gasteiger partial charge in [-0.15, -0.1) is 0 Å². The molecule has 0 amide bonds. The van der Waals surface area contributed by atoms with Crippen LogP contribution in [0.5, 0.6) is 11.5 Å². The first-order valence-electron chi connectivity index (χ1n) is 5.02. The molecule has 90 valence electrons. The van der Waals surface area contributed by atoms with Gasteiger partial charge in [-0.3, -0.25) is 0 Å². The van der Waals surface area contributed by atoms with Crippen LogP contribution in [0.4, 0.5) is 14.5 Å². The average molecular weight is 246 g/mol. The van der Waals surface area contributed by atoms with E-state index in [1.165, 1.54) is 24.3 Å². The zero-order valence-electron chi connectivity index (χ0n) is 9.15. The van der Waals surface area contributed by atoms with Crippen molar-refractivity contribution >= 4 is 5.69 Å². The highest BCUT2D eigenvalue weighted by Gasteiger charge is 2.09. The highest BCUT2D eigenvalue weighted by Crippen LogP contribution is 2.30. The van der Waals surface area contributed by atoms with Gasteiger partial charge < -0.3 is 10.5 Å². The van der Waals surface area contributed by atoms with E-state index in [4.69, 9.17) is 15.7 Å². The predicted molar refractivity (Wildman–Crippen MR) is 62.0 cm³/mol. The molecule has 0 fully saturated rings. The van der Waals surface area contributed by atoms with Gasteiger partial charge in [-0.2, -0.15) is 5.26 Å². The number of nitriles is 1. The van der Waals surface area contributed by atoms with Crippen LogP contribution in [0.15, 0.2) is 36.4 Å². The van der Waals surface area contributed by atoms with Gasteiger partial charge in [0, 0.05) is 6.07 Å². The number of rotatable bonds is 2. The average Bonchev–Trinajstić information content (AvgIpc) is 2.36. The Morgan fingerprint density at radius 1 is 1.06 bits per heavy atom. The number of ether oxygens (including phenoxy) is 1. The summed E-state index contributed by atoms with van der Waals surface area (Å²) in [6, 6.07) is 9.08. The molecule has 18 heavy (non-hydrogen) atoms. The maximum atomic E-state index is 13.5. The largest absolute Gasteiger partial charge is 0.452 e. The van der Waals surface area contributed by atoms with E-state index in [0.29, 0.717) is 0 Å². The number of halogens is 2. The zero-order valence-corrected chi connectivity index (χ0v) is 9.15. The Kier molecular flexibility index (Phi) is 3.11. The Morgan fingerprint density at radius 2 is 1.83 bits per heavy atom. The van der Waals surface area contributed by atoms with E-state index in [9.17, 15) is 8.78 Å². The molecule has 0 saturated carbocycles. The highest BCUT2D eigenvalue weighted by molar-refractivity contribution is 5.54. The summed E-state index contributed by atoms with van der Waals surface area (Å²) in [6.07, 6.45) is 0. The van der Waals surface area contributed by atoms with E-state index in [2.05, 4.69) is 0 Å². The lowest BCUT2D eigenvalue weighted by molar-refractivity contribution is 0.440. The predicted octanol–water partition coefficient (Wildman–Crippen LogP) is 3.21. The lowest BCUT2D eigenvalue weighted by Crippen LogP contribution is -1.95. The second-order valence-corrected chi connectivity index (χ2v) is 3.54. The maximum Gasteiger partial charge on any atom is 0.167 e. The van der Waals surface area contributed by atoms with Gasteiger partial charge in [-0.25, -0.2) is 8.78 Å². The lowest BCUT2D eigenvalue weighted by Gasteiger charge is -2.09. The zero-order chi connectivity index (χ0) is 13.1. The first-order valence-corrected chi connectivity index (χ1v) is 5.02. The molecule has 5 heteroatoms. The second-order valence-electron chi connectivity index (χ2n) is 3.54. The van der Waals surface area contributed by atoms with Crippen LogP contribution in [0.3, 0.4) is 0 Å². The number of benzene rings is 2. The topological polar surface area (TPSA) is 59.0 Å². The number of nitrogens with two attached hydrogens (primary N) is 1. The molecule has 0 aliphatic rings. The Balaban J connectivity index is 2.34. The Morgan fingerprint density at radius 3 is 2.50 bits per heavy atom. The standard InChI is InChI=1S/C13H8F2N2O/c14-9-2-3-11(17)13(6-9)18-12-4-1-8(7-16)5-10(12)15/h1-6H,17H2. The summed E-state index contributed by atoms with van der Waals surface area (Å²) in [5.41, 5.74) is 5.94. The lowest BCUT2D eigenvalue weighted by atomic mass is 10.2. The fourth-order valence-corrected chi connectivity index (χ4v) is 1.37. The van der Waals surface area contributed by atoms with Gasteiger partial charge in [0.15, 0.2) is 17.3 Å². The van der Waals surface area contributed by atoms with Crippen molar-refractivity contribution in [2.75, 3.05) is 5.73 Å². The highest BCUT2D eigenvalue weighted by atomic mass is 19.1. The first kappa shape index (κ1) is 11.9. The van der Waals surface area contributed by atoms with Crippen LogP contribution < -0.4 is 10.5 Å². The summed E-state index contributed by atoms with van der Waals surface area (Å²) in [6.45, 7) is 0. The van der Waals surface area contributed by atoms with Gasteiger partial charge >= 0.3 is 0 Å². The van der Waals surface area contributed by atoms with Gasteiger partial charge in [0.25, 0.3) is 0 Å². The van der Waals surface area contributed by atoms with Crippen LogP contribution in [0, 0.1) is 23.0 Å². The molecule has 0 spiro atoms. The van der Waals surface area contributed by atoms with Gasteiger partial charge in [-0.1, -0.05) is 0 Å². The third-order valence-corrected chi connectivity index (χ3v) is 2.26. The van der Waals surface area contributed by atoms with E-state index in [1.807, 2.05) is 0 Å². The summed E-state index contributed by atoms with van der Waals surface area (Å²) < 4.78 is 31.7. The fraction of sp³-hybridized carbons (Fsp3) is 0. The Labute approximate surface area is 102 Å². The van der Waals surface area contributed by atoms with Crippen LogP contribution in [-0.4, -0.2) is 0 Å². The third-order valence-electron chi connectivity index (χ3n) is 2.26. The molecule has 2 rings (SSSR count). The normalized spacial score (nSPS) is 9.83. The van der Waals surface area contributed by atoms with E-state index in [0.717, 1.165) is 12.1 Å². The molecule has 0 aromatic heterocycles. The Bertz CT molecular complexity index is 635.